The van der Waals surface area contributed by atoms with Crippen LogP contribution >= 0.6 is 11.3 Å². The lowest BCUT2D eigenvalue weighted by Gasteiger charge is -2.11. The van der Waals surface area contributed by atoms with Crippen molar-refractivity contribution in [1.82, 2.24) is 10.3 Å². The van der Waals surface area contributed by atoms with Crippen LogP contribution < -0.4 is 10.6 Å². The second-order valence-electron chi connectivity index (χ2n) is 5.16. The zero-order chi connectivity index (χ0) is 17.9. The summed E-state index contributed by atoms with van der Waals surface area (Å²) in [5.41, 5.74) is -1.45. The molecule has 0 bridgehead atoms. The average molecular weight is 357 g/mol. The average Bonchev–Trinajstić information content (AvgIpc) is 2.94. The van der Waals surface area contributed by atoms with Crippen LogP contribution in [-0.2, 0) is 6.18 Å². The molecular formula is C15H14F3N3O2S. The summed E-state index contributed by atoms with van der Waals surface area (Å²) < 4.78 is 38.8. The maximum Gasteiger partial charge on any atom is 0.417 e. The fourth-order valence-electron chi connectivity index (χ4n) is 1.86. The number of benzene rings is 1. The zero-order valence-corrected chi connectivity index (χ0v) is 13.6. The molecule has 128 valence electrons. The molecule has 1 aromatic carbocycles. The molecule has 24 heavy (non-hydrogen) atoms. The van der Waals surface area contributed by atoms with Crippen molar-refractivity contribution in [2.24, 2.45) is 0 Å². The summed E-state index contributed by atoms with van der Waals surface area (Å²) >= 11 is 0.956. The summed E-state index contributed by atoms with van der Waals surface area (Å²) in [5.74, 6) is -1.36. The number of alkyl halides is 3. The van der Waals surface area contributed by atoms with Gasteiger partial charge in [-0.3, -0.25) is 14.9 Å². The van der Waals surface area contributed by atoms with E-state index in [2.05, 4.69) is 15.6 Å². The molecule has 0 radical (unpaired) electrons. The monoisotopic (exact) mass is 357 g/mol. The quantitative estimate of drug-likeness (QED) is 0.879. The molecule has 2 amide bonds. The van der Waals surface area contributed by atoms with Crippen LogP contribution in [0.5, 0.6) is 0 Å². The molecule has 0 saturated heterocycles. The molecule has 1 heterocycles. The molecule has 2 rings (SSSR count). The van der Waals surface area contributed by atoms with E-state index in [-0.39, 0.29) is 16.9 Å². The smallest absolute Gasteiger partial charge is 0.349 e. The van der Waals surface area contributed by atoms with Crippen molar-refractivity contribution in [1.29, 1.82) is 0 Å². The van der Waals surface area contributed by atoms with Crippen molar-refractivity contribution in [3.63, 3.8) is 0 Å². The molecule has 5 nitrogen and oxygen atoms in total. The Morgan fingerprint density at radius 3 is 2.46 bits per heavy atom. The van der Waals surface area contributed by atoms with Gasteiger partial charge in [-0.25, -0.2) is 4.98 Å². The third-order valence-corrected chi connectivity index (χ3v) is 3.61. The number of nitrogens with zero attached hydrogens (tertiary/aromatic N) is 1. The molecular weight excluding hydrogens is 343 g/mol. The number of rotatable bonds is 4. The van der Waals surface area contributed by atoms with Gasteiger partial charge in [-0.2, -0.15) is 13.2 Å². The molecule has 2 N–H and O–H groups in total. The Balaban J connectivity index is 2.17. The van der Waals surface area contributed by atoms with Crippen LogP contribution in [0.3, 0.4) is 0 Å². The van der Waals surface area contributed by atoms with Crippen LogP contribution in [-0.4, -0.2) is 22.8 Å². The van der Waals surface area contributed by atoms with Crippen molar-refractivity contribution in [3.05, 3.63) is 46.5 Å². The van der Waals surface area contributed by atoms with E-state index in [1.54, 1.807) is 13.8 Å². The minimum Gasteiger partial charge on any atom is -0.349 e. The van der Waals surface area contributed by atoms with Gasteiger partial charge in [0.1, 0.15) is 5.69 Å². The molecule has 0 saturated carbocycles. The minimum atomic E-state index is -4.64. The van der Waals surface area contributed by atoms with Gasteiger partial charge in [-0.1, -0.05) is 12.1 Å². The highest BCUT2D eigenvalue weighted by atomic mass is 32.1. The fourth-order valence-corrected chi connectivity index (χ4v) is 2.55. The van der Waals surface area contributed by atoms with Crippen LogP contribution in [0.15, 0.2) is 29.6 Å². The van der Waals surface area contributed by atoms with Gasteiger partial charge in [0.25, 0.3) is 11.8 Å². The van der Waals surface area contributed by atoms with Crippen molar-refractivity contribution in [2.45, 2.75) is 26.1 Å². The third-order valence-electron chi connectivity index (χ3n) is 2.85. The van der Waals surface area contributed by atoms with Crippen molar-refractivity contribution in [2.75, 3.05) is 5.32 Å². The summed E-state index contributed by atoms with van der Waals surface area (Å²) in [6.45, 7) is 3.56. The lowest BCUT2D eigenvalue weighted by molar-refractivity contribution is -0.137. The predicted octanol–water partition coefficient (Wildman–Crippen LogP) is 3.55. The van der Waals surface area contributed by atoms with E-state index in [4.69, 9.17) is 0 Å². The minimum absolute atomic E-state index is 0.0471. The van der Waals surface area contributed by atoms with Crippen LogP contribution in [0, 0.1) is 0 Å². The van der Waals surface area contributed by atoms with Gasteiger partial charge in [0.2, 0.25) is 0 Å². The van der Waals surface area contributed by atoms with Gasteiger partial charge < -0.3 is 5.32 Å². The van der Waals surface area contributed by atoms with Crippen molar-refractivity contribution >= 4 is 28.3 Å². The van der Waals surface area contributed by atoms with E-state index in [1.165, 1.54) is 17.5 Å². The maximum atomic E-state index is 12.9. The van der Waals surface area contributed by atoms with Gasteiger partial charge >= 0.3 is 6.18 Å². The number of carbonyl (C=O) groups is 2. The van der Waals surface area contributed by atoms with Crippen molar-refractivity contribution in [3.8, 4) is 0 Å². The molecule has 0 atom stereocenters. The van der Waals surface area contributed by atoms with Gasteiger partial charge in [-0.15, -0.1) is 11.3 Å². The first-order valence-corrected chi connectivity index (χ1v) is 7.80. The Morgan fingerprint density at radius 1 is 1.17 bits per heavy atom. The van der Waals surface area contributed by atoms with E-state index in [0.29, 0.717) is 0 Å². The highest BCUT2D eigenvalue weighted by Gasteiger charge is 2.35. The van der Waals surface area contributed by atoms with E-state index < -0.39 is 29.1 Å². The number of carbonyl (C=O) groups excluding carboxylic acids is 2. The van der Waals surface area contributed by atoms with Gasteiger partial charge in [0.05, 0.1) is 11.1 Å². The number of halogens is 3. The summed E-state index contributed by atoms with van der Waals surface area (Å²) in [4.78, 5) is 27.8. The fraction of sp³-hybridized carbons (Fsp3) is 0.267. The van der Waals surface area contributed by atoms with Crippen molar-refractivity contribution < 1.29 is 22.8 Å². The zero-order valence-electron chi connectivity index (χ0n) is 12.8. The molecule has 1 aromatic heterocycles. The normalized spacial score (nSPS) is 11.4. The number of aromatic nitrogens is 1. The lowest BCUT2D eigenvalue weighted by atomic mass is 10.1. The molecule has 0 spiro atoms. The first-order valence-electron chi connectivity index (χ1n) is 6.92. The van der Waals surface area contributed by atoms with Gasteiger partial charge in [0.15, 0.2) is 5.13 Å². The molecule has 0 aliphatic heterocycles. The number of hydrogen-bond acceptors (Lipinski definition) is 4. The summed E-state index contributed by atoms with van der Waals surface area (Å²) in [5, 5.41) is 6.38. The predicted molar refractivity (Wildman–Crippen MR) is 84.1 cm³/mol. The Bertz CT molecular complexity index is 756. The third kappa shape index (κ3) is 4.31. The van der Waals surface area contributed by atoms with E-state index in [9.17, 15) is 22.8 Å². The second kappa shape index (κ2) is 7.00. The van der Waals surface area contributed by atoms with Crippen LogP contribution in [0.4, 0.5) is 18.3 Å². The molecule has 0 fully saturated rings. The molecule has 2 aromatic rings. The van der Waals surface area contributed by atoms with Gasteiger partial charge in [-0.05, 0) is 26.0 Å². The Labute approximate surface area is 139 Å². The Morgan fingerprint density at radius 2 is 1.83 bits per heavy atom. The number of anilines is 1. The first-order chi connectivity index (χ1) is 11.2. The lowest BCUT2D eigenvalue weighted by Crippen LogP contribution is -2.30. The summed E-state index contributed by atoms with van der Waals surface area (Å²) in [6, 6.07) is 4.37. The SMILES string of the molecule is CC(C)NC(=O)c1csc(NC(=O)c2ccccc2C(F)(F)F)n1. The van der Waals surface area contributed by atoms with Gasteiger partial charge in [0, 0.05) is 11.4 Å². The topological polar surface area (TPSA) is 71.1 Å². The van der Waals surface area contributed by atoms with E-state index in [0.717, 1.165) is 23.5 Å². The van der Waals surface area contributed by atoms with E-state index >= 15 is 0 Å². The Hall–Kier alpha value is -2.42. The molecule has 0 aliphatic rings. The maximum absolute atomic E-state index is 12.9. The number of hydrogen-bond donors (Lipinski definition) is 2. The highest BCUT2D eigenvalue weighted by molar-refractivity contribution is 7.14. The van der Waals surface area contributed by atoms with Crippen LogP contribution in [0.1, 0.15) is 40.3 Å². The van der Waals surface area contributed by atoms with Crippen LogP contribution in [0.2, 0.25) is 0 Å². The highest BCUT2D eigenvalue weighted by Crippen LogP contribution is 2.32. The standard InChI is InChI=1S/C15H14F3N3O2S/c1-8(2)19-13(23)11-7-24-14(20-11)21-12(22)9-5-3-4-6-10(9)15(16,17)18/h3-8H,1-2H3,(H,19,23)(H,20,21,22). The molecule has 0 aliphatic carbocycles. The number of thiazole rings is 1. The van der Waals surface area contributed by atoms with Crippen LogP contribution in [0.25, 0.3) is 0 Å². The summed E-state index contributed by atoms with van der Waals surface area (Å²) in [7, 11) is 0. The summed E-state index contributed by atoms with van der Waals surface area (Å²) in [6.07, 6.45) is -4.64. The largest absolute Gasteiger partial charge is 0.417 e. The second-order valence-corrected chi connectivity index (χ2v) is 6.02. The number of nitrogens with one attached hydrogen (secondary N) is 2. The number of amides is 2. The first kappa shape index (κ1) is 17.9. The van der Waals surface area contributed by atoms with E-state index in [1.807, 2.05) is 0 Å². The molecule has 0 unspecified atom stereocenters. The molecule has 9 heteroatoms. The Kier molecular flexibility index (Phi) is 5.23.